The maximum absolute atomic E-state index is 11.4. The fourth-order valence-corrected chi connectivity index (χ4v) is 1.76. The average molecular weight is 253 g/mol. The zero-order chi connectivity index (χ0) is 10.1. The number of Topliss-reactive ketones (excluding diaryl/α,β-unsaturated/α-hetero) is 1. The van der Waals surface area contributed by atoms with Gasteiger partial charge in [0.15, 0.2) is 5.78 Å². The molecule has 0 aliphatic heterocycles. The highest BCUT2D eigenvalue weighted by Crippen LogP contribution is 2.22. The van der Waals surface area contributed by atoms with Crippen LogP contribution in [0.4, 0.5) is 5.69 Å². The van der Waals surface area contributed by atoms with Crippen LogP contribution in [0.25, 0.3) is 10.9 Å². The van der Waals surface area contributed by atoms with E-state index >= 15 is 0 Å². The molecule has 0 unspecified atom stereocenters. The summed E-state index contributed by atoms with van der Waals surface area (Å²) in [6.45, 7) is 0. The van der Waals surface area contributed by atoms with Crippen molar-refractivity contribution in [1.29, 1.82) is 0 Å². The van der Waals surface area contributed by atoms with Crippen LogP contribution in [0.5, 0.6) is 0 Å². The topological polar surface area (TPSA) is 58.9 Å². The lowest BCUT2D eigenvalue weighted by Crippen LogP contribution is -2.01. The first-order valence-corrected chi connectivity index (χ1v) is 5.30. The van der Waals surface area contributed by atoms with E-state index in [-0.39, 0.29) is 5.78 Å². The number of alkyl halides is 1. The Morgan fingerprint density at radius 2 is 2.29 bits per heavy atom. The summed E-state index contributed by atoms with van der Waals surface area (Å²) in [6.07, 6.45) is 1.81. The molecule has 2 aromatic rings. The first-order valence-electron chi connectivity index (χ1n) is 4.18. The number of aromatic nitrogens is 1. The molecule has 0 amide bonds. The molecule has 3 nitrogen and oxygen atoms in total. The Balaban J connectivity index is 2.64. The van der Waals surface area contributed by atoms with Crippen LogP contribution in [0, 0.1) is 0 Å². The summed E-state index contributed by atoms with van der Waals surface area (Å²) < 4.78 is 0. The number of fused-ring (bicyclic) bond motifs is 1. The number of halogens is 1. The zero-order valence-electron chi connectivity index (χ0n) is 7.38. The van der Waals surface area contributed by atoms with Gasteiger partial charge < -0.3 is 10.7 Å². The van der Waals surface area contributed by atoms with Crippen LogP contribution in [0.1, 0.15) is 10.4 Å². The molecule has 3 N–H and O–H groups in total. The molecule has 1 aromatic heterocycles. The van der Waals surface area contributed by atoms with Crippen LogP contribution < -0.4 is 5.73 Å². The highest BCUT2D eigenvalue weighted by molar-refractivity contribution is 9.09. The van der Waals surface area contributed by atoms with Gasteiger partial charge in [-0.25, -0.2) is 0 Å². The van der Waals surface area contributed by atoms with Crippen molar-refractivity contribution in [3.63, 3.8) is 0 Å². The minimum Gasteiger partial charge on any atom is -0.397 e. The van der Waals surface area contributed by atoms with E-state index < -0.39 is 0 Å². The maximum atomic E-state index is 11.4. The number of aromatic amines is 1. The van der Waals surface area contributed by atoms with Crippen LogP contribution in [0.2, 0.25) is 0 Å². The quantitative estimate of drug-likeness (QED) is 0.490. The number of rotatable bonds is 2. The fourth-order valence-electron chi connectivity index (χ4n) is 1.44. The summed E-state index contributed by atoms with van der Waals surface area (Å²) in [4.78, 5) is 14.4. The number of hydrogen-bond donors (Lipinski definition) is 2. The van der Waals surface area contributed by atoms with Gasteiger partial charge in [0, 0.05) is 17.1 Å². The Bertz CT molecular complexity index is 490. The number of nitrogens with one attached hydrogen (secondary N) is 1. The van der Waals surface area contributed by atoms with Gasteiger partial charge in [-0.1, -0.05) is 15.9 Å². The second kappa shape index (κ2) is 3.46. The van der Waals surface area contributed by atoms with Crippen LogP contribution in [0.15, 0.2) is 24.4 Å². The predicted octanol–water partition coefficient (Wildman–Crippen LogP) is 2.33. The first kappa shape index (κ1) is 9.27. The van der Waals surface area contributed by atoms with Crippen molar-refractivity contribution in [2.75, 3.05) is 11.1 Å². The van der Waals surface area contributed by atoms with Gasteiger partial charge in [-0.2, -0.15) is 0 Å². The van der Waals surface area contributed by atoms with E-state index in [1.54, 1.807) is 6.07 Å². The number of ketones is 1. The lowest BCUT2D eigenvalue weighted by molar-refractivity contribution is 0.102. The highest BCUT2D eigenvalue weighted by atomic mass is 79.9. The van der Waals surface area contributed by atoms with Crippen LogP contribution in [0.3, 0.4) is 0 Å². The number of H-pyrrole nitrogens is 1. The lowest BCUT2D eigenvalue weighted by atomic mass is 10.1. The van der Waals surface area contributed by atoms with Crippen LogP contribution >= 0.6 is 15.9 Å². The molecule has 72 valence electrons. The third-order valence-corrected chi connectivity index (χ3v) is 2.64. The molecule has 0 saturated carbocycles. The van der Waals surface area contributed by atoms with Gasteiger partial charge in [0.1, 0.15) is 0 Å². The summed E-state index contributed by atoms with van der Waals surface area (Å²) in [5.74, 6) is 0.0415. The van der Waals surface area contributed by atoms with E-state index in [1.807, 2.05) is 18.3 Å². The molecule has 4 heteroatoms. The smallest absolute Gasteiger partial charge is 0.173 e. The molecule has 0 saturated heterocycles. The molecular formula is C10H9BrN2O. The van der Waals surface area contributed by atoms with Crippen molar-refractivity contribution < 1.29 is 4.79 Å². The van der Waals surface area contributed by atoms with E-state index in [4.69, 9.17) is 5.73 Å². The van der Waals surface area contributed by atoms with Crippen molar-refractivity contribution in [3.8, 4) is 0 Å². The van der Waals surface area contributed by atoms with Crippen molar-refractivity contribution in [1.82, 2.24) is 4.98 Å². The van der Waals surface area contributed by atoms with Crippen molar-refractivity contribution >= 4 is 38.3 Å². The largest absolute Gasteiger partial charge is 0.397 e. The van der Waals surface area contributed by atoms with Gasteiger partial charge >= 0.3 is 0 Å². The molecule has 14 heavy (non-hydrogen) atoms. The summed E-state index contributed by atoms with van der Waals surface area (Å²) in [6, 6.07) is 5.44. The predicted molar refractivity (Wildman–Crippen MR) is 60.8 cm³/mol. The van der Waals surface area contributed by atoms with Gasteiger partial charge in [0.05, 0.1) is 16.5 Å². The Hall–Kier alpha value is -1.29. The Morgan fingerprint density at radius 3 is 3.00 bits per heavy atom. The second-order valence-electron chi connectivity index (χ2n) is 3.06. The fraction of sp³-hybridized carbons (Fsp3) is 0.100. The van der Waals surface area contributed by atoms with Crippen molar-refractivity contribution in [3.05, 3.63) is 30.0 Å². The molecule has 0 bridgehead atoms. The van der Waals surface area contributed by atoms with Gasteiger partial charge in [-0.3, -0.25) is 4.79 Å². The minimum absolute atomic E-state index is 0.0415. The number of carbonyl (C=O) groups excluding carboxylic acids is 1. The Morgan fingerprint density at radius 1 is 1.50 bits per heavy atom. The van der Waals surface area contributed by atoms with Crippen LogP contribution in [-0.4, -0.2) is 16.1 Å². The van der Waals surface area contributed by atoms with E-state index in [2.05, 4.69) is 20.9 Å². The number of anilines is 1. The van der Waals surface area contributed by atoms with Crippen molar-refractivity contribution in [2.45, 2.75) is 0 Å². The number of carbonyl (C=O) groups is 1. The minimum atomic E-state index is 0.0415. The summed E-state index contributed by atoms with van der Waals surface area (Å²) in [5, 5.41) is 1.29. The van der Waals surface area contributed by atoms with Gasteiger partial charge in [0.25, 0.3) is 0 Å². The second-order valence-corrected chi connectivity index (χ2v) is 3.62. The number of nitrogens with two attached hydrogens (primary N) is 1. The van der Waals surface area contributed by atoms with Gasteiger partial charge in [-0.15, -0.1) is 0 Å². The summed E-state index contributed by atoms with van der Waals surface area (Å²) in [5.41, 5.74) is 7.93. The van der Waals surface area contributed by atoms with Gasteiger partial charge in [0.2, 0.25) is 0 Å². The monoisotopic (exact) mass is 252 g/mol. The van der Waals surface area contributed by atoms with E-state index in [9.17, 15) is 4.79 Å². The molecule has 1 aromatic carbocycles. The number of nitrogen functional groups attached to an aromatic ring is 1. The number of hydrogen-bond acceptors (Lipinski definition) is 2. The summed E-state index contributed by atoms with van der Waals surface area (Å²) in [7, 11) is 0. The molecule has 0 fully saturated rings. The Kier molecular flexibility index (Phi) is 2.29. The average Bonchev–Trinajstić information content (AvgIpc) is 2.64. The maximum Gasteiger partial charge on any atom is 0.173 e. The number of benzene rings is 1. The molecule has 0 atom stereocenters. The SMILES string of the molecule is Nc1cc(C(=O)CBr)cc2cc[nH]c12. The first-order chi connectivity index (χ1) is 6.72. The molecule has 2 rings (SSSR count). The lowest BCUT2D eigenvalue weighted by Gasteiger charge is -2.01. The zero-order valence-corrected chi connectivity index (χ0v) is 8.97. The standard InChI is InChI=1S/C10H9BrN2O/c11-5-9(14)7-3-6-1-2-13-10(6)8(12)4-7/h1-4,13H,5,12H2. The Labute approximate surface area is 89.4 Å². The third kappa shape index (κ3) is 1.42. The molecule has 0 aliphatic carbocycles. The van der Waals surface area contributed by atoms with E-state index in [0.717, 1.165) is 10.9 Å². The molecule has 1 heterocycles. The highest BCUT2D eigenvalue weighted by Gasteiger charge is 2.07. The third-order valence-electron chi connectivity index (χ3n) is 2.13. The molecule has 0 spiro atoms. The molecule has 0 radical (unpaired) electrons. The van der Waals surface area contributed by atoms with E-state index in [0.29, 0.717) is 16.6 Å². The van der Waals surface area contributed by atoms with Crippen LogP contribution in [-0.2, 0) is 0 Å². The molecule has 0 aliphatic rings. The van der Waals surface area contributed by atoms with Gasteiger partial charge in [-0.05, 0) is 18.2 Å². The summed E-state index contributed by atoms with van der Waals surface area (Å²) >= 11 is 3.13. The normalized spacial score (nSPS) is 10.6. The molecular weight excluding hydrogens is 244 g/mol. The van der Waals surface area contributed by atoms with Crippen molar-refractivity contribution in [2.24, 2.45) is 0 Å². The van der Waals surface area contributed by atoms with E-state index in [1.165, 1.54) is 0 Å².